The number of aromatic nitrogens is 3. The molecule has 0 aliphatic rings. The van der Waals surface area contributed by atoms with Gasteiger partial charge in [0.05, 0.1) is 12.3 Å². The number of halogens is 1. The van der Waals surface area contributed by atoms with Crippen LogP contribution in [-0.4, -0.2) is 40.2 Å². The first-order valence-electron chi connectivity index (χ1n) is 7.08. The van der Waals surface area contributed by atoms with Crippen LogP contribution in [0.2, 0.25) is 5.02 Å². The van der Waals surface area contributed by atoms with E-state index in [0.29, 0.717) is 5.02 Å². The molecule has 0 fully saturated rings. The van der Waals surface area contributed by atoms with Crippen LogP contribution in [0.1, 0.15) is 6.92 Å². The van der Waals surface area contributed by atoms with E-state index in [1.54, 1.807) is 10.7 Å². The Labute approximate surface area is 134 Å². The van der Waals surface area contributed by atoms with Crippen LogP contribution in [-0.2, 0) is 0 Å². The molecule has 0 saturated carbocycles. The molecule has 0 aliphatic heterocycles. The molecule has 0 spiro atoms. The highest BCUT2D eigenvalue weighted by atomic mass is 35.5. The second-order valence-corrected chi connectivity index (χ2v) is 5.70. The summed E-state index contributed by atoms with van der Waals surface area (Å²) in [5.41, 5.74) is 3.39. The molecular formula is C15H16BClN4O. The lowest BCUT2D eigenvalue weighted by Crippen LogP contribution is -2.21. The van der Waals surface area contributed by atoms with E-state index < -0.39 is 0 Å². The van der Waals surface area contributed by atoms with Crippen molar-refractivity contribution in [1.29, 1.82) is 0 Å². The summed E-state index contributed by atoms with van der Waals surface area (Å²) >= 11 is 6.29. The van der Waals surface area contributed by atoms with Crippen LogP contribution in [0.5, 0.6) is 0 Å². The van der Waals surface area contributed by atoms with E-state index in [-0.39, 0.29) is 12.6 Å². The van der Waals surface area contributed by atoms with Gasteiger partial charge in [0.1, 0.15) is 13.7 Å². The molecule has 3 aromatic rings. The van der Waals surface area contributed by atoms with E-state index in [9.17, 15) is 5.11 Å². The summed E-state index contributed by atoms with van der Waals surface area (Å²) in [5, 5.41) is 17.5. The quantitative estimate of drug-likeness (QED) is 0.708. The smallest absolute Gasteiger partial charge is 0.151 e. The molecule has 5 nitrogen and oxygen atoms in total. The first-order valence-corrected chi connectivity index (χ1v) is 7.45. The van der Waals surface area contributed by atoms with Gasteiger partial charge < -0.3 is 10.4 Å². The second-order valence-electron chi connectivity index (χ2n) is 5.30. The minimum Gasteiger partial charge on any atom is -0.394 e. The van der Waals surface area contributed by atoms with Gasteiger partial charge in [0.25, 0.3) is 0 Å². The molecule has 0 saturated heterocycles. The molecule has 1 aromatic carbocycles. The lowest BCUT2D eigenvalue weighted by atomic mass is 10.0. The fourth-order valence-corrected chi connectivity index (χ4v) is 2.51. The lowest BCUT2D eigenvalue weighted by molar-refractivity contribution is 0.281. The minimum absolute atomic E-state index is 0.0332. The van der Waals surface area contributed by atoms with E-state index in [2.05, 4.69) is 15.4 Å². The van der Waals surface area contributed by atoms with Gasteiger partial charge in [-0.1, -0.05) is 29.8 Å². The van der Waals surface area contributed by atoms with Crippen LogP contribution in [0.25, 0.3) is 16.9 Å². The van der Waals surface area contributed by atoms with Gasteiger partial charge in [0.15, 0.2) is 5.65 Å². The van der Waals surface area contributed by atoms with Crippen molar-refractivity contribution in [2.75, 3.05) is 11.9 Å². The molecule has 7 heteroatoms. The van der Waals surface area contributed by atoms with Gasteiger partial charge in [-0.2, -0.15) is 9.61 Å². The van der Waals surface area contributed by atoms with Gasteiger partial charge in [-0.05, 0) is 18.5 Å². The van der Waals surface area contributed by atoms with Gasteiger partial charge in [0, 0.05) is 28.9 Å². The third kappa shape index (κ3) is 2.67. The molecule has 0 unspecified atom stereocenters. The van der Waals surface area contributed by atoms with Crippen molar-refractivity contribution in [2.24, 2.45) is 0 Å². The molecule has 2 aromatic heterocycles. The Morgan fingerprint density at radius 2 is 2.18 bits per heavy atom. The van der Waals surface area contributed by atoms with Gasteiger partial charge in [-0.3, -0.25) is 0 Å². The third-order valence-electron chi connectivity index (χ3n) is 3.47. The molecule has 1 atom stereocenters. The first-order chi connectivity index (χ1) is 10.6. The van der Waals surface area contributed by atoms with E-state index >= 15 is 0 Å². The van der Waals surface area contributed by atoms with Crippen LogP contribution in [0.4, 0.5) is 5.82 Å². The Kier molecular flexibility index (Phi) is 4.05. The number of aliphatic hydroxyl groups is 1. The van der Waals surface area contributed by atoms with Crippen molar-refractivity contribution in [3.05, 3.63) is 41.6 Å². The van der Waals surface area contributed by atoms with Crippen LogP contribution in [0, 0.1) is 0 Å². The zero-order valence-electron chi connectivity index (χ0n) is 12.4. The Morgan fingerprint density at radius 3 is 2.91 bits per heavy atom. The minimum atomic E-state index is -0.0887. The third-order valence-corrected chi connectivity index (χ3v) is 3.80. The second kappa shape index (κ2) is 5.98. The summed E-state index contributed by atoms with van der Waals surface area (Å²) in [7, 11) is 1.96. The maximum atomic E-state index is 9.27. The summed E-state index contributed by atoms with van der Waals surface area (Å²) in [6.07, 6.45) is 1.77. The van der Waals surface area contributed by atoms with Crippen molar-refractivity contribution in [3.8, 4) is 11.3 Å². The van der Waals surface area contributed by atoms with Crippen LogP contribution >= 0.6 is 11.6 Å². The molecule has 22 heavy (non-hydrogen) atoms. The predicted molar refractivity (Wildman–Crippen MR) is 91.8 cm³/mol. The summed E-state index contributed by atoms with van der Waals surface area (Å²) in [5.74, 6) is 0.773. The van der Waals surface area contributed by atoms with Crippen LogP contribution < -0.4 is 10.8 Å². The molecule has 3 rings (SSSR count). The molecule has 0 aliphatic carbocycles. The molecule has 2 heterocycles. The summed E-state index contributed by atoms with van der Waals surface area (Å²) in [6.45, 7) is 1.93. The Bertz CT molecular complexity index is 820. The molecule has 0 bridgehead atoms. The number of aliphatic hydroxyl groups excluding tert-OH is 1. The average molecular weight is 315 g/mol. The molecule has 2 N–H and O–H groups in total. The lowest BCUT2D eigenvalue weighted by Gasteiger charge is -2.15. The van der Waals surface area contributed by atoms with E-state index in [1.165, 1.54) is 0 Å². The monoisotopic (exact) mass is 314 g/mol. The maximum absolute atomic E-state index is 9.27. The van der Waals surface area contributed by atoms with E-state index in [1.807, 2.05) is 45.1 Å². The molecular weight excluding hydrogens is 298 g/mol. The highest BCUT2D eigenvalue weighted by molar-refractivity contribution is 6.36. The molecule has 0 amide bonds. The summed E-state index contributed by atoms with van der Waals surface area (Å²) < 4.78 is 1.74. The molecule has 0 radical (unpaired) electrons. The van der Waals surface area contributed by atoms with E-state index in [0.717, 1.165) is 28.2 Å². The molecule has 112 valence electrons. The van der Waals surface area contributed by atoms with Crippen molar-refractivity contribution in [3.63, 3.8) is 0 Å². The fourth-order valence-electron chi connectivity index (χ4n) is 2.28. The number of nitrogens with one attached hydrogen (secondary N) is 1. The van der Waals surface area contributed by atoms with Gasteiger partial charge >= 0.3 is 0 Å². The Balaban J connectivity index is 2.19. The fraction of sp³-hybridized carbons (Fsp3) is 0.200. The number of rotatable bonds is 4. The number of hydrogen-bond acceptors (Lipinski definition) is 4. The van der Waals surface area contributed by atoms with Crippen LogP contribution in [0.3, 0.4) is 0 Å². The van der Waals surface area contributed by atoms with E-state index in [4.69, 9.17) is 11.6 Å². The zero-order chi connectivity index (χ0) is 15.7. The number of hydrogen-bond donors (Lipinski definition) is 2. The largest absolute Gasteiger partial charge is 0.394 e. The SMILES string of the molecule is Bc1cnn2c(N[C@@H](C)CO)cc(-c3ccccc3Cl)nc12. The topological polar surface area (TPSA) is 62.5 Å². The highest BCUT2D eigenvalue weighted by Gasteiger charge is 2.13. The zero-order valence-corrected chi connectivity index (χ0v) is 13.2. The number of nitrogens with zero attached hydrogens (tertiary/aromatic N) is 3. The number of anilines is 1. The Hall–Kier alpha value is -2.05. The van der Waals surface area contributed by atoms with Crippen molar-refractivity contribution < 1.29 is 5.11 Å². The standard InChI is InChI=1S/C15H16BClN4O/c1-9(8-22)19-14-6-13(10-4-2-3-5-12(10)17)20-15-11(16)7-18-21(14)15/h2-7,9,19,22H,8,16H2,1H3/t9-/m0/s1. The van der Waals surface area contributed by atoms with Gasteiger partial charge in [-0.25, -0.2) is 4.98 Å². The summed E-state index contributed by atoms with van der Waals surface area (Å²) in [4.78, 5) is 4.67. The number of benzene rings is 1. The van der Waals surface area contributed by atoms with Crippen molar-refractivity contribution in [2.45, 2.75) is 13.0 Å². The van der Waals surface area contributed by atoms with Crippen LogP contribution in [0.15, 0.2) is 36.5 Å². The predicted octanol–water partition coefficient (Wildman–Crippen LogP) is 1.10. The maximum Gasteiger partial charge on any atom is 0.151 e. The summed E-state index contributed by atoms with van der Waals surface area (Å²) in [6, 6.07) is 9.41. The van der Waals surface area contributed by atoms with Crippen molar-refractivity contribution in [1.82, 2.24) is 14.6 Å². The number of fused-ring (bicyclic) bond motifs is 1. The Morgan fingerprint density at radius 1 is 1.41 bits per heavy atom. The normalized spacial score (nSPS) is 12.5. The van der Waals surface area contributed by atoms with Gasteiger partial charge in [0.2, 0.25) is 0 Å². The highest BCUT2D eigenvalue weighted by Crippen LogP contribution is 2.28. The van der Waals surface area contributed by atoms with Crippen molar-refractivity contribution >= 4 is 36.4 Å². The average Bonchev–Trinajstić information content (AvgIpc) is 2.89. The van der Waals surface area contributed by atoms with Gasteiger partial charge in [-0.15, -0.1) is 0 Å². The first kappa shape index (κ1) is 14.9.